The molecule has 0 aromatic rings. The van der Waals surface area contributed by atoms with Crippen LogP contribution in [0.5, 0.6) is 0 Å². The minimum Gasteiger partial charge on any atom is -0.379 e. The summed E-state index contributed by atoms with van der Waals surface area (Å²) in [6.45, 7) is 9.34. The largest absolute Gasteiger partial charge is 0.379 e. The van der Waals surface area contributed by atoms with E-state index in [9.17, 15) is 4.79 Å². The first kappa shape index (κ1) is 13.8. The van der Waals surface area contributed by atoms with Crippen LogP contribution in [0.4, 0.5) is 0 Å². The molecule has 18 heavy (non-hydrogen) atoms. The van der Waals surface area contributed by atoms with E-state index < -0.39 is 0 Å². The number of ether oxygens (including phenoxy) is 1. The third-order valence-corrected chi connectivity index (χ3v) is 3.84. The molecule has 0 radical (unpaired) electrons. The van der Waals surface area contributed by atoms with E-state index in [4.69, 9.17) is 4.74 Å². The molecule has 2 aliphatic rings. The number of morpholine rings is 1. The highest BCUT2D eigenvalue weighted by Crippen LogP contribution is 2.17. The van der Waals surface area contributed by atoms with Gasteiger partial charge in [0, 0.05) is 45.2 Å². The van der Waals surface area contributed by atoms with Gasteiger partial charge < -0.3 is 15.0 Å². The summed E-state index contributed by atoms with van der Waals surface area (Å²) in [7, 11) is 0. The molecule has 0 aromatic carbocycles. The van der Waals surface area contributed by atoms with Crippen molar-refractivity contribution in [3.63, 3.8) is 0 Å². The maximum absolute atomic E-state index is 12.0. The van der Waals surface area contributed by atoms with Crippen molar-refractivity contribution in [3.8, 4) is 0 Å². The van der Waals surface area contributed by atoms with Gasteiger partial charge in [0.25, 0.3) is 0 Å². The van der Waals surface area contributed by atoms with E-state index in [-0.39, 0.29) is 0 Å². The second kappa shape index (κ2) is 7.07. The number of carbonyl (C=O) groups is 1. The molecule has 5 nitrogen and oxygen atoms in total. The van der Waals surface area contributed by atoms with Crippen molar-refractivity contribution in [3.05, 3.63) is 0 Å². The van der Waals surface area contributed by atoms with Crippen molar-refractivity contribution >= 4 is 5.91 Å². The van der Waals surface area contributed by atoms with E-state index in [1.807, 2.05) is 4.90 Å². The molecule has 0 saturated carbocycles. The second-order valence-electron chi connectivity index (χ2n) is 5.03. The summed E-state index contributed by atoms with van der Waals surface area (Å²) >= 11 is 0. The fraction of sp³-hybridized carbons (Fsp3) is 0.923. The Balaban J connectivity index is 1.71. The Bertz CT molecular complexity index is 267. The summed E-state index contributed by atoms with van der Waals surface area (Å²) in [5.41, 5.74) is 0. The van der Waals surface area contributed by atoms with Gasteiger partial charge in [-0.2, -0.15) is 0 Å². The minimum absolute atomic E-state index is 0.298. The summed E-state index contributed by atoms with van der Waals surface area (Å²) < 4.78 is 5.37. The van der Waals surface area contributed by atoms with Crippen LogP contribution in [0, 0.1) is 0 Å². The van der Waals surface area contributed by atoms with E-state index in [1.54, 1.807) is 0 Å². The molecule has 1 unspecified atom stereocenters. The first-order valence-corrected chi connectivity index (χ1v) is 7.11. The highest BCUT2D eigenvalue weighted by molar-refractivity contribution is 5.76. The average Bonchev–Trinajstić information content (AvgIpc) is 2.89. The van der Waals surface area contributed by atoms with Gasteiger partial charge in [0.15, 0.2) is 0 Å². The molecular formula is C13H25N3O2. The molecule has 1 N–H and O–H groups in total. The number of nitrogens with one attached hydrogen (secondary N) is 1. The van der Waals surface area contributed by atoms with Crippen molar-refractivity contribution in [1.29, 1.82) is 0 Å². The smallest absolute Gasteiger partial charge is 0.223 e. The fourth-order valence-corrected chi connectivity index (χ4v) is 2.74. The predicted octanol–water partition coefficient (Wildman–Crippen LogP) is -0.0809. The zero-order valence-corrected chi connectivity index (χ0v) is 11.4. The van der Waals surface area contributed by atoms with Gasteiger partial charge >= 0.3 is 0 Å². The second-order valence-corrected chi connectivity index (χ2v) is 5.03. The lowest BCUT2D eigenvalue weighted by molar-refractivity contribution is -0.130. The lowest BCUT2D eigenvalue weighted by atomic mass is 10.2. The van der Waals surface area contributed by atoms with E-state index in [1.165, 1.54) is 0 Å². The van der Waals surface area contributed by atoms with Crippen molar-refractivity contribution in [2.45, 2.75) is 25.8 Å². The highest BCUT2D eigenvalue weighted by Gasteiger charge is 2.30. The Morgan fingerprint density at radius 3 is 2.83 bits per heavy atom. The topological polar surface area (TPSA) is 44.8 Å². The standard InChI is InChI=1S/C13H25N3O2/c1-2-14-5-3-13(17)16-6-4-12(11-16)15-7-9-18-10-8-15/h12,14H,2-11H2,1H3. The average molecular weight is 255 g/mol. The van der Waals surface area contributed by atoms with E-state index in [0.29, 0.717) is 18.4 Å². The Morgan fingerprint density at radius 2 is 2.11 bits per heavy atom. The molecule has 1 amide bonds. The molecule has 0 aliphatic carbocycles. The zero-order valence-electron chi connectivity index (χ0n) is 11.4. The van der Waals surface area contributed by atoms with Gasteiger partial charge in [-0.1, -0.05) is 6.92 Å². The van der Waals surface area contributed by atoms with Crippen LogP contribution in [-0.2, 0) is 9.53 Å². The summed E-state index contributed by atoms with van der Waals surface area (Å²) in [6, 6.07) is 0.553. The first-order chi connectivity index (χ1) is 8.81. The lowest BCUT2D eigenvalue weighted by Gasteiger charge is -2.32. The van der Waals surface area contributed by atoms with Crippen LogP contribution in [0.15, 0.2) is 0 Å². The van der Waals surface area contributed by atoms with Gasteiger partial charge in [-0.25, -0.2) is 0 Å². The van der Waals surface area contributed by atoms with E-state index >= 15 is 0 Å². The summed E-state index contributed by atoms with van der Waals surface area (Å²) in [4.78, 5) is 16.5. The van der Waals surface area contributed by atoms with Gasteiger partial charge in [0.05, 0.1) is 13.2 Å². The molecule has 0 aromatic heterocycles. The SMILES string of the molecule is CCNCCC(=O)N1CCC(N2CCOCC2)C1. The Hall–Kier alpha value is -0.650. The molecule has 2 fully saturated rings. The number of nitrogens with zero attached hydrogens (tertiary/aromatic N) is 2. The van der Waals surface area contributed by atoms with Crippen LogP contribution in [-0.4, -0.2) is 74.2 Å². The Morgan fingerprint density at radius 1 is 1.33 bits per heavy atom. The number of hydrogen-bond acceptors (Lipinski definition) is 4. The molecular weight excluding hydrogens is 230 g/mol. The maximum atomic E-state index is 12.0. The molecule has 2 saturated heterocycles. The number of rotatable bonds is 5. The summed E-state index contributed by atoms with van der Waals surface area (Å²) in [6.07, 6.45) is 1.75. The number of amides is 1. The van der Waals surface area contributed by atoms with Crippen LogP contribution >= 0.6 is 0 Å². The van der Waals surface area contributed by atoms with Crippen LogP contribution in [0.25, 0.3) is 0 Å². The van der Waals surface area contributed by atoms with Crippen LogP contribution in [0.3, 0.4) is 0 Å². The molecule has 0 spiro atoms. The molecule has 0 bridgehead atoms. The summed E-state index contributed by atoms with van der Waals surface area (Å²) in [5, 5.41) is 3.20. The first-order valence-electron chi connectivity index (χ1n) is 7.11. The zero-order chi connectivity index (χ0) is 12.8. The van der Waals surface area contributed by atoms with Crippen molar-refractivity contribution in [1.82, 2.24) is 15.1 Å². The van der Waals surface area contributed by atoms with Crippen LogP contribution < -0.4 is 5.32 Å². The van der Waals surface area contributed by atoms with Crippen LogP contribution in [0.2, 0.25) is 0 Å². The minimum atomic E-state index is 0.298. The van der Waals surface area contributed by atoms with E-state index in [2.05, 4.69) is 17.1 Å². The maximum Gasteiger partial charge on any atom is 0.223 e. The number of hydrogen-bond donors (Lipinski definition) is 1. The number of likely N-dealkylation sites (tertiary alicyclic amines) is 1. The molecule has 2 aliphatic heterocycles. The lowest BCUT2D eigenvalue weighted by Crippen LogP contribution is -2.45. The van der Waals surface area contributed by atoms with E-state index in [0.717, 1.165) is 58.9 Å². The number of carbonyl (C=O) groups excluding carboxylic acids is 1. The quantitative estimate of drug-likeness (QED) is 0.698. The Labute approximate surface area is 109 Å². The van der Waals surface area contributed by atoms with Gasteiger partial charge in [0.1, 0.15) is 0 Å². The summed E-state index contributed by atoms with van der Waals surface area (Å²) in [5.74, 6) is 0.298. The van der Waals surface area contributed by atoms with Gasteiger partial charge in [0.2, 0.25) is 5.91 Å². The molecule has 104 valence electrons. The third kappa shape index (κ3) is 3.67. The molecule has 1 atom stereocenters. The van der Waals surface area contributed by atoms with Crippen molar-refractivity contribution in [2.24, 2.45) is 0 Å². The molecule has 2 heterocycles. The molecule has 2 rings (SSSR count). The van der Waals surface area contributed by atoms with Crippen molar-refractivity contribution in [2.75, 3.05) is 52.5 Å². The fourth-order valence-electron chi connectivity index (χ4n) is 2.74. The normalized spacial score (nSPS) is 25.6. The monoisotopic (exact) mass is 255 g/mol. The van der Waals surface area contributed by atoms with Gasteiger partial charge in [-0.05, 0) is 13.0 Å². The van der Waals surface area contributed by atoms with Crippen molar-refractivity contribution < 1.29 is 9.53 Å². The molecule has 5 heteroatoms. The Kier molecular flexibility index (Phi) is 5.41. The third-order valence-electron chi connectivity index (χ3n) is 3.84. The van der Waals surface area contributed by atoms with Gasteiger partial charge in [-0.15, -0.1) is 0 Å². The van der Waals surface area contributed by atoms with Crippen LogP contribution in [0.1, 0.15) is 19.8 Å². The predicted molar refractivity (Wildman–Crippen MR) is 70.5 cm³/mol. The van der Waals surface area contributed by atoms with Gasteiger partial charge in [-0.3, -0.25) is 9.69 Å². The highest BCUT2D eigenvalue weighted by atomic mass is 16.5.